The summed E-state index contributed by atoms with van der Waals surface area (Å²) in [5.74, 6) is 0. The zero-order valence-corrected chi connectivity index (χ0v) is 18.6. The van der Waals surface area contributed by atoms with Crippen LogP contribution in [0.3, 0.4) is 0 Å². The summed E-state index contributed by atoms with van der Waals surface area (Å²) in [5, 5.41) is 0. The molecule has 1 unspecified atom stereocenters. The second-order valence-electron chi connectivity index (χ2n) is 9.62. The van der Waals surface area contributed by atoms with E-state index < -0.39 is 0 Å². The Hall–Kier alpha value is -2.42. The van der Waals surface area contributed by atoms with Crippen LogP contribution in [-0.4, -0.2) is 31.1 Å². The van der Waals surface area contributed by atoms with Gasteiger partial charge in [-0.2, -0.15) is 0 Å². The monoisotopic (exact) mass is 411 g/mol. The highest BCUT2D eigenvalue weighted by Crippen LogP contribution is 2.42. The van der Waals surface area contributed by atoms with E-state index in [-0.39, 0.29) is 5.41 Å². The number of fused-ring (bicyclic) bond motifs is 1. The number of rotatable bonds is 5. The average Bonchev–Trinajstić information content (AvgIpc) is 2.85. The third-order valence-corrected chi connectivity index (χ3v) is 7.75. The molecule has 0 amide bonds. The molecule has 31 heavy (non-hydrogen) atoms. The Labute approximate surface area is 186 Å². The molecule has 0 aliphatic carbocycles. The summed E-state index contributed by atoms with van der Waals surface area (Å²) in [6.07, 6.45) is 3.54. The maximum absolute atomic E-state index is 6.18. The molecule has 3 aromatic carbocycles. The quantitative estimate of drug-likeness (QED) is 0.515. The molecule has 2 aliphatic rings. The van der Waals surface area contributed by atoms with E-state index in [1.54, 1.807) is 0 Å². The fourth-order valence-corrected chi connectivity index (χ4v) is 5.62. The lowest BCUT2D eigenvalue weighted by atomic mass is 9.69. The first-order valence-electron chi connectivity index (χ1n) is 11.7. The van der Waals surface area contributed by atoms with Crippen LogP contribution in [0.25, 0.3) is 0 Å². The van der Waals surface area contributed by atoms with Crippen LogP contribution in [0, 0.1) is 0 Å². The number of nitrogens with zero attached hydrogens (tertiary/aromatic N) is 1. The van der Waals surface area contributed by atoms with Gasteiger partial charge in [0.2, 0.25) is 0 Å². The van der Waals surface area contributed by atoms with Crippen LogP contribution in [0.4, 0.5) is 0 Å². The smallest absolute Gasteiger partial charge is 0.0720 e. The Morgan fingerprint density at radius 1 is 0.774 bits per heavy atom. The summed E-state index contributed by atoms with van der Waals surface area (Å²) in [6, 6.07) is 31.0. The fraction of sp³-hybridized carbons (Fsp3) is 0.379. The molecule has 2 heteroatoms. The van der Waals surface area contributed by atoms with E-state index >= 15 is 0 Å². The Bertz CT molecular complexity index is 992. The number of piperidine rings is 1. The molecule has 160 valence electrons. The van der Waals surface area contributed by atoms with Crippen molar-refractivity contribution in [3.63, 3.8) is 0 Å². The van der Waals surface area contributed by atoms with Crippen molar-refractivity contribution in [1.29, 1.82) is 0 Å². The predicted molar refractivity (Wildman–Crippen MR) is 127 cm³/mol. The van der Waals surface area contributed by atoms with Gasteiger partial charge in [-0.1, -0.05) is 91.9 Å². The first-order chi connectivity index (χ1) is 15.2. The molecule has 3 aromatic rings. The lowest BCUT2D eigenvalue weighted by molar-refractivity contribution is 0.0547. The van der Waals surface area contributed by atoms with Crippen LogP contribution in [0.15, 0.2) is 84.9 Å². The molecule has 0 aromatic heterocycles. The Morgan fingerprint density at radius 3 is 2.10 bits per heavy atom. The SMILES string of the molecule is CC1(c2ccccc2)CCN(CCC2(c3ccccc3)COCc3ccccc32)CC1. The Morgan fingerprint density at radius 2 is 1.39 bits per heavy atom. The Kier molecular flexibility index (Phi) is 5.69. The van der Waals surface area contributed by atoms with Gasteiger partial charge in [-0.3, -0.25) is 0 Å². The normalized spacial score (nSPS) is 23.3. The first-order valence-corrected chi connectivity index (χ1v) is 11.7. The predicted octanol–water partition coefficient (Wildman–Crippen LogP) is 5.95. The van der Waals surface area contributed by atoms with Crippen molar-refractivity contribution < 1.29 is 4.74 Å². The third kappa shape index (κ3) is 3.95. The lowest BCUT2D eigenvalue weighted by Crippen LogP contribution is -2.45. The molecule has 1 fully saturated rings. The van der Waals surface area contributed by atoms with Crippen molar-refractivity contribution in [2.24, 2.45) is 0 Å². The van der Waals surface area contributed by atoms with Crippen LogP contribution in [0.2, 0.25) is 0 Å². The number of hydrogen-bond donors (Lipinski definition) is 0. The summed E-state index contributed by atoms with van der Waals surface area (Å²) in [5.41, 5.74) is 5.91. The molecule has 0 bridgehead atoms. The van der Waals surface area contributed by atoms with Gasteiger partial charge in [0, 0.05) is 5.41 Å². The molecular formula is C29H33NO. The zero-order chi connectivity index (χ0) is 21.2. The second kappa shape index (κ2) is 8.61. The van der Waals surface area contributed by atoms with E-state index in [1.165, 1.54) is 48.2 Å². The maximum atomic E-state index is 6.18. The highest BCUT2D eigenvalue weighted by atomic mass is 16.5. The van der Waals surface area contributed by atoms with Crippen molar-refractivity contribution in [2.45, 2.75) is 43.6 Å². The van der Waals surface area contributed by atoms with Gasteiger partial charge >= 0.3 is 0 Å². The van der Waals surface area contributed by atoms with Crippen molar-refractivity contribution in [3.8, 4) is 0 Å². The van der Waals surface area contributed by atoms with E-state index in [4.69, 9.17) is 4.74 Å². The van der Waals surface area contributed by atoms with Crippen LogP contribution < -0.4 is 0 Å². The van der Waals surface area contributed by atoms with Crippen LogP contribution in [0.5, 0.6) is 0 Å². The zero-order valence-electron chi connectivity index (χ0n) is 18.6. The van der Waals surface area contributed by atoms with E-state index in [0.29, 0.717) is 5.41 Å². The van der Waals surface area contributed by atoms with E-state index in [2.05, 4.69) is 96.8 Å². The summed E-state index contributed by atoms with van der Waals surface area (Å²) < 4.78 is 6.18. The van der Waals surface area contributed by atoms with Crippen molar-refractivity contribution in [2.75, 3.05) is 26.2 Å². The molecule has 2 heterocycles. The van der Waals surface area contributed by atoms with E-state index in [1.807, 2.05) is 0 Å². The van der Waals surface area contributed by atoms with Crippen LogP contribution in [-0.2, 0) is 22.2 Å². The summed E-state index contributed by atoms with van der Waals surface area (Å²) >= 11 is 0. The standard InChI is InChI=1S/C29H33NO/c1-28(25-11-4-2-5-12-25)16-19-30(20-17-28)21-18-29(26-13-6-3-7-14-26)23-31-22-24-10-8-9-15-27(24)29/h2-15H,16-23H2,1H3. The number of hydrogen-bond acceptors (Lipinski definition) is 2. The van der Waals surface area contributed by atoms with Gasteiger partial charge in [0.15, 0.2) is 0 Å². The molecule has 0 N–H and O–H groups in total. The van der Waals surface area contributed by atoms with E-state index in [0.717, 1.165) is 26.2 Å². The minimum Gasteiger partial charge on any atom is -0.375 e. The molecule has 1 atom stereocenters. The molecule has 0 spiro atoms. The molecule has 0 radical (unpaired) electrons. The summed E-state index contributed by atoms with van der Waals surface area (Å²) in [4.78, 5) is 2.67. The average molecular weight is 412 g/mol. The molecule has 1 saturated heterocycles. The maximum Gasteiger partial charge on any atom is 0.0720 e. The topological polar surface area (TPSA) is 12.5 Å². The highest BCUT2D eigenvalue weighted by molar-refractivity contribution is 5.45. The largest absolute Gasteiger partial charge is 0.375 e. The molecule has 5 rings (SSSR count). The number of likely N-dealkylation sites (tertiary alicyclic amines) is 1. The second-order valence-corrected chi connectivity index (χ2v) is 9.62. The van der Waals surface area contributed by atoms with Gasteiger partial charge in [-0.25, -0.2) is 0 Å². The molecular weight excluding hydrogens is 378 g/mol. The van der Waals surface area contributed by atoms with Gasteiger partial charge < -0.3 is 9.64 Å². The fourth-order valence-electron chi connectivity index (χ4n) is 5.62. The van der Waals surface area contributed by atoms with Crippen molar-refractivity contribution in [1.82, 2.24) is 4.90 Å². The number of benzene rings is 3. The van der Waals surface area contributed by atoms with E-state index in [9.17, 15) is 0 Å². The van der Waals surface area contributed by atoms with Gasteiger partial charge in [0.1, 0.15) is 0 Å². The first kappa shape index (κ1) is 20.5. The Balaban J connectivity index is 1.35. The van der Waals surface area contributed by atoms with Gasteiger partial charge in [0.25, 0.3) is 0 Å². The van der Waals surface area contributed by atoms with Crippen LogP contribution in [0.1, 0.15) is 48.4 Å². The molecule has 2 nitrogen and oxygen atoms in total. The van der Waals surface area contributed by atoms with Gasteiger partial charge in [-0.15, -0.1) is 0 Å². The minimum absolute atomic E-state index is 0.0592. The van der Waals surface area contributed by atoms with Gasteiger partial charge in [0.05, 0.1) is 13.2 Å². The lowest BCUT2D eigenvalue weighted by Gasteiger charge is -2.43. The van der Waals surface area contributed by atoms with Crippen LogP contribution >= 0.6 is 0 Å². The van der Waals surface area contributed by atoms with Gasteiger partial charge in [-0.05, 0) is 66.6 Å². The molecule has 0 saturated carbocycles. The van der Waals surface area contributed by atoms with Crippen molar-refractivity contribution >= 4 is 0 Å². The van der Waals surface area contributed by atoms with Crippen molar-refractivity contribution in [3.05, 3.63) is 107 Å². The summed E-state index contributed by atoms with van der Waals surface area (Å²) in [7, 11) is 0. The third-order valence-electron chi connectivity index (χ3n) is 7.75. The summed E-state index contributed by atoms with van der Waals surface area (Å²) in [6.45, 7) is 7.37. The molecule has 2 aliphatic heterocycles. The number of ether oxygens (including phenoxy) is 1. The highest BCUT2D eigenvalue weighted by Gasteiger charge is 2.40. The minimum atomic E-state index is -0.0592.